The lowest BCUT2D eigenvalue weighted by atomic mass is 9.86. The van der Waals surface area contributed by atoms with Crippen LogP contribution in [-0.4, -0.2) is 24.9 Å². The topological polar surface area (TPSA) is 58.2 Å². The predicted molar refractivity (Wildman–Crippen MR) is 96.6 cm³/mol. The summed E-state index contributed by atoms with van der Waals surface area (Å²) in [7, 11) is 0. The van der Waals surface area contributed by atoms with Crippen LogP contribution in [0.5, 0.6) is 0 Å². The van der Waals surface area contributed by atoms with Gasteiger partial charge >= 0.3 is 0 Å². The number of hydrogen-bond acceptors (Lipinski definition) is 2. The van der Waals surface area contributed by atoms with Crippen LogP contribution in [0.25, 0.3) is 0 Å². The van der Waals surface area contributed by atoms with Crippen LogP contribution in [0.3, 0.4) is 0 Å². The third kappa shape index (κ3) is 7.62. The average molecular weight is 330 g/mol. The molecule has 24 heavy (non-hydrogen) atoms. The van der Waals surface area contributed by atoms with E-state index >= 15 is 0 Å². The molecule has 0 saturated heterocycles. The lowest BCUT2D eigenvalue weighted by molar-refractivity contribution is -0.123. The fourth-order valence-corrected chi connectivity index (χ4v) is 3.29. The van der Waals surface area contributed by atoms with E-state index in [1.165, 1.54) is 37.7 Å². The van der Waals surface area contributed by atoms with Crippen LogP contribution in [0, 0.1) is 5.92 Å². The molecule has 0 heterocycles. The zero-order valence-corrected chi connectivity index (χ0v) is 14.6. The predicted octanol–water partition coefficient (Wildman–Crippen LogP) is 3.21. The van der Waals surface area contributed by atoms with Crippen LogP contribution in [0.4, 0.5) is 0 Å². The van der Waals surface area contributed by atoms with Crippen molar-refractivity contribution in [1.82, 2.24) is 10.6 Å². The van der Waals surface area contributed by atoms with E-state index in [1.54, 1.807) is 0 Å². The summed E-state index contributed by atoms with van der Waals surface area (Å²) in [6.07, 6.45) is 9.42. The van der Waals surface area contributed by atoms with Crippen LogP contribution >= 0.6 is 0 Å². The second-order valence-corrected chi connectivity index (χ2v) is 6.73. The first-order valence-electron chi connectivity index (χ1n) is 9.31. The molecular weight excluding hydrogens is 300 g/mol. The molecule has 2 rings (SSSR count). The maximum Gasteiger partial charge on any atom is 0.220 e. The molecular formula is C20H30N2O2. The van der Waals surface area contributed by atoms with Crippen molar-refractivity contribution < 1.29 is 9.59 Å². The van der Waals surface area contributed by atoms with E-state index in [2.05, 4.69) is 10.6 Å². The zero-order chi connectivity index (χ0) is 17.0. The van der Waals surface area contributed by atoms with Gasteiger partial charge in [0.15, 0.2) is 0 Å². The van der Waals surface area contributed by atoms with E-state index in [1.807, 2.05) is 30.3 Å². The molecule has 0 aliphatic heterocycles. The molecule has 4 heteroatoms. The third-order valence-electron chi connectivity index (χ3n) is 4.76. The number of carbonyl (C=O) groups is 2. The number of hydrogen-bond donors (Lipinski definition) is 2. The summed E-state index contributed by atoms with van der Waals surface area (Å²) in [5.41, 5.74) is 1.17. The van der Waals surface area contributed by atoms with Gasteiger partial charge < -0.3 is 10.6 Å². The summed E-state index contributed by atoms with van der Waals surface area (Å²) < 4.78 is 0. The maximum atomic E-state index is 11.8. The molecule has 132 valence electrons. The summed E-state index contributed by atoms with van der Waals surface area (Å²) >= 11 is 0. The Labute approximate surface area is 145 Å². The van der Waals surface area contributed by atoms with Crippen LogP contribution < -0.4 is 10.6 Å². The van der Waals surface area contributed by atoms with Gasteiger partial charge in [0.05, 0.1) is 0 Å². The van der Waals surface area contributed by atoms with E-state index < -0.39 is 0 Å². The molecule has 0 radical (unpaired) electrons. The van der Waals surface area contributed by atoms with Gasteiger partial charge in [-0.2, -0.15) is 0 Å². The van der Waals surface area contributed by atoms with Crippen LogP contribution in [-0.2, 0) is 16.0 Å². The summed E-state index contributed by atoms with van der Waals surface area (Å²) in [5.74, 6) is 0.886. The molecule has 0 spiro atoms. The molecule has 2 N–H and O–H groups in total. The Balaban J connectivity index is 1.47. The molecule has 1 aliphatic rings. The first kappa shape index (κ1) is 18.5. The standard InChI is InChI=1S/C20H30N2O2/c23-19(13-11-17-7-3-1-4-8-17)21-15-16-22-20(24)14-12-18-9-5-2-6-10-18/h1,3-4,7-8,18H,2,5-6,9-16H2,(H,21,23)(H,22,24). The Kier molecular flexibility index (Phi) is 8.36. The highest BCUT2D eigenvalue weighted by molar-refractivity contribution is 5.77. The van der Waals surface area contributed by atoms with E-state index in [-0.39, 0.29) is 11.8 Å². The molecule has 1 fully saturated rings. The summed E-state index contributed by atoms with van der Waals surface area (Å²) in [4.78, 5) is 23.6. The van der Waals surface area contributed by atoms with Crippen molar-refractivity contribution >= 4 is 11.8 Å². The quantitative estimate of drug-likeness (QED) is 0.683. The van der Waals surface area contributed by atoms with Crippen molar-refractivity contribution in [3.8, 4) is 0 Å². The highest BCUT2D eigenvalue weighted by atomic mass is 16.2. The molecule has 1 aromatic rings. The molecule has 0 aromatic heterocycles. The Hall–Kier alpha value is -1.84. The van der Waals surface area contributed by atoms with Crippen LogP contribution in [0.2, 0.25) is 0 Å². The Morgan fingerprint density at radius 3 is 2.17 bits per heavy atom. The molecule has 0 unspecified atom stereocenters. The second-order valence-electron chi connectivity index (χ2n) is 6.73. The number of carbonyl (C=O) groups excluding carboxylic acids is 2. The summed E-state index contributed by atoms with van der Waals surface area (Å²) in [6.45, 7) is 1.02. The second kappa shape index (κ2) is 10.8. The first-order chi connectivity index (χ1) is 11.7. The van der Waals surface area contributed by atoms with E-state index in [0.717, 1.165) is 18.8 Å². The van der Waals surface area contributed by atoms with Crippen molar-refractivity contribution in [1.29, 1.82) is 0 Å². The van der Waals surface area contributed by atoms with Crippen molar-refractivity contribution in [3.63, 3.8) is 0 Å². The molecule has 0 bridgehead atoms. The molecule has 0 atom stereocenters. The van der Waals surface area contributed by atoms with Gasteiger partial charge in [0.2, 0.25) is 11.8 Å². The van der Waals surface area contributed by atoms with Crippen LogP contribution in [0.15, 0.2) is 30.3 Å². The first-order valence-corrected chi connectivity index (χ1v) is 9.31. The lowest BCUT2D eigenvalue weighted by Crippen LogP contribution is -2.34. The fraction of sp³-hybridized carbons (Fsp3) is 0.600. The Morgan fingerprint density at radius 2 is 1.50 bits per heavy atom. The molecule has 2 amide bonds. The number of nitrogens with one attached hydrogen (secondary N) is 2. The molecule has 1 aromatic carbocycles. The van der Waals surface area contributed by atoms with Crippen LogP contribution in [0.1, 0.15) is 56.9 Å². The summed E-state index contributed by atoms with van der Waals surface area (Å²) in [5, 5.41) is 5.76. The van der Waals surface area contributed by atoms with E-state index in [9.17, 15) is 9.59 Å². The average Bonchev–Trinajstić information content (AvgIpc) is 2.63. The SMILES string of the molecule is O=C(CCc1ccccc1)NCCNC(=O)CCC1CCCCC1. The highest BCUT2D eigenvalue weighted by Crippen LogP contribution is 2.27. The maximum absolute atomic E-state index is 11.8. The Bertz CT molecular complexity index is 496. The number of benzene rings is 1. The van der Waals surface area contributed by atoms with Gasteiger partial charge in [-0.25, -0.2) is 0 Å². The molecule has 1 aliphatic carbocycles. The van der Waals surface area contributed by atoms with Gasteiger partial charge in [-0.05, 0) is 24.3 Å². The minimum absolute atomic E-state index is 0.0373. The fourth-order valence-electron chi connectivity index (χ4n) is 3.29. The minimum atomic E-state index is 0.0373. The largest absolute Gasteiger partial charge is 0.354 e. The van der Waals surface area contributed by atoms with Crippen molar-refractivity contribution in [2.75, 3.05) is 13.1 Å². The number of aryl methyl sites for hydroxylation is 1. The minimum Gasteiger partial charge on any atom is -0.354 e. The number of rotatable bonds is 9. The van der Waals surface area contributed by atoms with Crippen molar-refractivity contribution in [2.24, 2.45) is 5.92 Å². The van der Waals surface area contributed by atoms with Gasteiger partial charge in [0.1, 0.15) is 0 Å². The Morgan fingerprint density at radius 1 is 0.875 bits per heavy atom. The van der Waals surface area contributed by atoms with Gasteiger partial charge in [-0.15, -0.1) is 0 Å². The normalized spacial score (nSPS) is 15.0. The number of amides is 2. The van der Waals surface area contributed by atoms with Gasteiger partial charge in [0.25, 0.3) is 0 Å². The lowest BCUT2D eigenvalue weighted by Gasteiger charge is -2.20. The smallest absolute Gasteiger partial charge is 0.220 e. The van der Waals surface area contributed by atoms with E-state index in [4.69, 9.17) is 0 Å². The van der Waals surface area contributed by atoms with Gasteiger partial charge in [-0.1, -0.05) is 62.4 Å². The van der Waals surface area contributed by atoms with E-state index in [0.29, 0.717) is 25.9 Å². The zero-order valence-electron chi connectivity index (χ0n) is 14.6. The molecule has 4 nitrogen and oxygen atoms in total. The third-order valence-corrected chi connectivity index (χ3v) is 4.76. The van der Waals surface area contributed by atoms with Gasteiger partial charge in [0, 0.05) is 25.9 Å². The summed E-state index contributed by atoms with van der Waals surface area (Å²) in [6, 6.07) is 9.99. The van der Waals surface area contributed by atoms with Crippen molar-refractivity contribution in [2.45, 2.75) is 57.8 Å². The van der Waals surface area contributed by atoms with Crippen molar-refractivity contribution in [3.05, 3.63) is 35.9 Å². The highest BCUT2D eigenvalue weighted by Gasteiger charge is 2.14. The molecule has 1 saturated carbocycles. The monoisotopic (exact) mass is 330 g/mol. The van der Waals surface area contributed by atoms with Gasteiger partial charge in [-0.3, -0.25) is 9.59 Å².